The molecule has 0 aliphatic heterocycles. The first-order chi connectivity index (χ1) is 6.02. The number of halogens is 3. The number of rotatable bonds is 2. The second-order valence-electron chi connectivity index (χ2n) is 2.34. The van der Waals surface area contributed by atoms with Crippen LogP contribution in [0.1, 0.15) is 22.3 Å². The summed E-state index contributed by atoms with van der Waals surface area (Å²) >= 11 is 0. The molecule has 0 unspecified atom stereocenters. The Labute approximate surface area is 71.6 Å². The third kappa shape index (κ3) is 1.99. The first-order valence-electron chi connectivity index (χ1n) is 3.33. The molecular weight excluding hydrogens is 185 g/mol. The van der Waals surface area contributed by atoms with Crippen molar-refractivity contribution in [3.05, 3.63) is 35.1 Å². The summed E-state index contributed by atoms with van der Waals surface area (Å²) in [5, 5.41) is 8.45. The van der Waals surface area contributed by atoms with Crippen molar-refractivity contribution < 1.29 is 23.1 Å². The van der Waals surface area contributed by atoms with E-state index in [0.717, 1.165) is 12.1 Å². The lowest BCUT2D eigenvalue weighted by Crippen LogP contribution is -2.03. The minimum Gasteiger partial charge on any atom is -0.478 e. The summed E-state index contributed by atoms with van der Waals surface area (Å²) in [6.07, 6.45) is -2.98. The summed E-state index contributed by atoms with van der Waals surface area (Å²) in [5.41, 5.74) is -1.37. The highest BCUT2D eigenvalue weighted by Gasteiger charge is 2.18. The van der Waals surface area contributed by atoms with Crippen LogP contribution in [0.3, 0.4) is 0 Å². The highest BCUT2D eigenvalue weighted by atomic mass is 19.3. The van der Waals surface area contributed by atoms with E-state index >= 15 is 0 Å². The Morgan fingerprint density at radius 3 is 2.46 bits per heavy atom. The number of carbonyl (C=O) groups is 1. The van der Waals surface area contributed by atoms with Crippen molar-refractivity contribution in [2.75, 3.05) is 0 Å². The predicted molar refractivity (Wildman–Crippen MR) is 38.3 cm³/mol. The number of carboxylic acids is 1. The minimum atomic E-state index is -2.98. The zero-order valence-corrected chi connectivity index (χ0v) is 6.30. The second kappa shape index (κ2) is 3.47. The van der Waals surface area contributed by atoms with Gasteiger partial charge in [-0.15, -0.1) is 0 Å². The van der Waals surface area contributed by atoms with Crippen LogP contribution in [-0.2, 0) is 0 Å². The van der Waals surface area contributed by atoms with Crippen molar-refractivity contribution in [2.45, 2.75) is 6.43 Å². The van der Waals surface area contributed by atoms with E-state index in [0.29, 0.717) is 6.07 Å². The molecule has 2 nitrogen and oxygen atoms in total. The van der Waals surface area contributed by atoms with E-state index in [1.807, 2.05) is 0 Å². The molecule has 0 fully saturated rings. The minimum absolute atomic E-state index is 0.522. The van der Waals surface area contributed by atoms with Gasteiger partial charge in [-0.05, 0) is 18.2 Å². The largest absolute Gasteiger partial charge is 0.478 e. The van der Waals surface area contributed by atoms with Crippen LogP contribution < -0.4 is 0 Å². The molecule has 0 aliphatic rings. The summed E-state index contributed by atoms with van der Waals surface area (Å²) in [4.78, 5) is 10.4. The predicted octanol–water partition coefficient (Wildman–Crippen LogP) is 2.46. The molecule has 0 radical (unpaired) electrons. The number of carboxylic acid groups (broad SMARTS) is 1. The van der Waals surface area contributed by atoms with E-state index in [1.165, 1.54) is 0 Å². The zero-order chi connectivity index (χ0) is 10.0. The van der Waals surface area contributed by atoms with Gasteiger partial charge in [0.2, 0.25) is 0 Å². The van der Waals surface area contributed by atoms with Gasteiger partial charge in [-0.1, -0.05) is 0 Å². The molecule has 1 rings (SSSR count). The van der Waals surface area contributed by atoms with Crippen LogP contribution in [0.4, 0.5) is 13.2 Å². The van der Waals surface area contributed by atoms with Crippen LogP contribution in [0.5, 0.6) is 0 Å². The molecule has 0 spiro atoms. The summed E-state index contributed by atoms with van der Waals surface area (Å²) in [5.74, 6) is -2.37. The van der Waals surface area contributed by atoms with Crippen molar-refractivity contribution in [3.63, 3.8) is 0 Å². The van der Waals surface area contributed by atoms with Gasteiger partial charge in [-0.25, -0.2) is 18.0 Å². The third-order valence-corrected chi connectivity index (χ3v) is 1.48. The summed E-state index contributed by atoms with van der Waals surface area (Å²) in [6, 6.07) is 2.17. The molecule has 0 saturated carbocycles. The molecule has 70 valence electrons. The van der Waals surface area contributed by atoms with Gasteiger partial charge in [0.25, 0.3) is 6.43 Å². The lowest BCUT2D eigenvalue weighted by atomic mass is 10.1. The van der Waals surface area contributed by atoms with Crippen molar-refractivity contribution in [1.82, 2.24) is 0 Å². The molecule has 1 aromatic rings. The maximum Gasteiger partial charge on any atom is 0.336 e. The van der Waals surface area contributed by atoms with Gasteiger partial charge in [0, 0.05) is 5.56 Å². The number of benzene rings is 1. The van der Waals surface area contributed by atoms with Crippen molar-refractivity contribution in [3.8, 4) is 0 Å². The van der Waals surface area contributed by atoms with E-state index in [9.17, 15) is 18.0 Å². The lowest BCUT2D eigenvalue weighted by Gasteiger charge is -2.03. The molecular formula is C8H5F3O2. The molecule has 1 aromatic carbocycles. The molecule has 0 aromatic heterocycles. The van der Waals surface area contributed by atoms with Gasteiger partial charge in [0.15, 0.2) is 0 Å². The monoisotopic (exact) mass is 190 g/mol. The molecule has 0 saturated heterocycles. The second-order valence-corrected chi connectivity index (χ2v) is 2.34. The van der Waals surface area contributed by atoms with Crippen LogP contribution in [0.25, 0.3) is 0 Å². The lowest BCUT2D eigenvalue weighted by molar-refractivity contribution is 0.0684. The standard InChI is InChI=1S/C8H5F3O2/c9-4-1-2-5(8(12)13)6(3-4)7(10)11/h1-3,7H,(H,12,13). The van der Waals surface area contributed by atoms with Crippen LogP contribution in [-0.4, -0.2) is 11.1 Å². The molecule has 0 heterocycles. The Hall–Kier alpha value is -1.52. The molecule has 0 bridgehead atoms. The fraction of sp³-hybridized carbons (Fsp3) is 0.125. The van der Waals surface area contributed by atoms with Crippen molar-refractivity contribution in [1.29, 1.82) is 0 Å². The fourth-order valence-corrected chi connectivity index (χ4v) is 0.909. The fourth-order valence-electron chi connectivity index (χ4n) is 0.909. The van der Waals surface area contributed by atoms with Crippen LogP contribution in [0, 0.1) is 5.82 Å². The van der Waals surface area contributed by atoms with E-state index in [1.54, 1.807) is 0 Å². The van der Waals surface area contributed by atoms with E-state index in [2.05, 4.69) is 0 Å². The summed E-state index contributed by atoms with van der Waals surface area (Å²) in [7, 11) is 0. The topological polar surface area (TPSA) is 37.3 Å². The van der Waals surface area contributed by atoms with Gasteiger partial charge in [0.1, 0.15) is 5.82 Å². The average Bonchev–Trinajstić information content (AvgIpc) is 2.03. The molecule has 0 aliphatic carbocycles. The Morgan fingerprint density at radius 1 is 1.38 bits per heavy atom. The SMILES string of the molecule is O=C(O)c1ccc(F)cc1C(F)F. The van der Waals surface area contributed by atoms with E-state index in [4.69, 9.17) is 5.11 Å². The average molecular weight is 190 g/mol. The smallest absolute Gasteiger partial charge is 0.336 e. The first-order valence-corrected chi connectivity index (χ1v) is 3.33. The van der Waals surface area contributed by atoms with Gasteiger partial charge in [0.05, 0.1) is 5.56 Å². The Bertz CT molecular complexity index is 336. The van der Waals surface area contributed by atoms with E-state index < -0.39 is 29.3 Å². The van der Waals surface area contributed by atoms with Crippen LogP contribution in [0.2, 0.25) is 0 Å². The maximum atomic E-state index is 12.4. The number of alkyl halides is 2. The number of aromatic carboxylic acids is 1. The summed E-state index contributed by atoms with van der Waals surface area (Å²) in [6.45, 7) is 0. The quantitative estimate of drug-likeness (QED) is 0.777. The van der Waals surface area contributed by atoms with Crippen LogP contribution in [0.15, 0.2) is 18.2 Å². The molecule has 0 atom stereocenters. The molecule has 5 heteroatoms. The maximum absolute atomic E-state index is 12.4. The zero-order valence-electron chi connectivity index (χ0n) is 6.30. The highest BCUT2D eigenvalue weighted by Crippen LogP contribution is 2.23. The Kier molecular flexibility index (Phi) is 2.55. The molecule has 13 heavy (non-hydrogen) atoms. The van der Waals surface area contributed by atoms with Crippen LogP contribution >= 0.6 is 0 Å². The Morgan fingerprint density at radius 2 is 2.00 bits per heavy atom. The molecule has 1 N–H and O–H groups in total. The van der Waals surface area contributed by atoms with E-state index in [-0.39, 0.29) is 0 Å². The Balaban J connectivity index is 3.26. The third-order valence-electron chi connectivity index (χ3n) is 1.48. The first kappa shape index (κ1) is 9.57. The van der Waals surface area contributed by atoms with Gasteiger partial charge >= 0.3 is 5.97 Å². The van der Waals surface area contributed by atoms with Gasteiger partial charge in [-0.3, -0.25) is 0 Å². The number of hydrogen-bond donors (Lipinski definition) is 1. The van der Waals surface area contributed by atoms with Crippen molar-refractivity contribution >= 4 is 5.97 Å². The number of hydrogen-bond acceptors (Lipinski definition) is 1. The van der Waals surface area contributed by atoms with Gasteiger partial charge < -0.3 is 5.11 Å². The summed E-state index contributed by atoms with van der Waals surface area (Å²) < 4.78 is 36.7. The molecule has 0 amide bonds. The normalized spacial score (nSPS) is 10.5. The van der Waals surface area contributed by atoms with Crippen molar-refractivity contribution in [2.24, 2.45) is 0 Å². The van der Waals surface area contributed by atoms with Gasteiger partial charge in [-0.2, -0.15) is 0 Å². The highest BCUT2D eigenvalue weighted by molar-refractivity contribution is 5.89.